The minimum atomic E-state index is 0.202. The predicted molar refractivity (Wildman–Crippen MR) is 113 cm³/mol. The lowest BCUT2D eigenvalue weighted by Gasteiger charge is -2.15. The molecule has 0 saturated heterocycles. The van der Waals surface area contributed by atoms with Gasteiger partial charge in [0.25, 0.3) is 0 Å². The van der Waals surface area contributed by atoms with Gasteiger partial charge in [-0.3, -0.25) is 0 Å². The summed E-state index contributed by atoms with van der Waals surface area (Å²) in [6.07, 6.45) is 2.06. The van der Waals surface area contributed by atoms with E-state index in [0.29, 0.717) is 5.92 Å². The summed E-state index contributed by atoms with van der Waals surface area (Å²) in [5, 5.41) is 0. The first-order chi connectivity index (χ1) is 11.9. The highest BCUT2D eigenvalue weighted by molar-refractivity contribution is 9.10. The first kappa shape index (κ1) is 17.9. The zero-order chi connectivity index (χ0) is 18.1. The number of fused-ring (bicyclic) bond motifs is 1. The van der Waals surface area contributed by atoms with Crippen molar-refractivity contribution in [2.24, 2.45) is 0 Å². The average Bonchev–Trinajstić information content (AvgIpc) is 2.78. The lowest BCUT2D eigenvalue weighted by atomic mass is 9.88. The van der Waals surface area contributed by atoms with Gasteiger partial charge >= 0.3 is 0 Å². The SMILES string of the molecule is C=CC(c1ccc(Br)cc1)c1cc(C)c2cc(C(C)C)ccc(C)c1-2. The Hall–Kier alpha value is -1.86. The third kappa shape index (κ3) is 3.43. The summed E-state index contributed by atoms with van der Waals surface area (Å²) in [5.41, 5.74) is 9.43. The van der Waals surface area contributed by atoms with Crippen LogP contribution in [0.15, 0.2) is 65.7 Å². The maximum Gasteiger partial charge on any atom is 0.0273 e. The third-order valence-corrected chi connectivity index (χ3v) is 5.58. The largest absolute Gasteiger partial charge is 0.102 e. The Balaban J connectivity index is 2.21. The molecular formula is C24H25Br. The first-order valence-corrected chi connectivity index (χ1v) is 9.63. The molecule has 0 nitrogen and oxygen atoms in total. The van der Waals surface area contributed by atoms with Crippen LogP contribution in [0.1, 0.15) is 53.5 Å². The van der Waals surface area contributed by atoms with Gasteiger partial charge in [0.15, 0.2) is 0 Å². The Morgan fingerprint density at radius 1 is 0.880 bits per heavy atom. The van der Waals surface area contributed by atoms with Crippen molar-refractivity contribution in [3.8, 4) is 11.1 Å². The quantitative estimate of drug-likeness (QED) is 0.400. The van der Waals surface area contributed by atoms with Crippen LogP contribution in [0.3, 0.4) is 0 Å². The fourth-order valence-corrected chi connectivity index (χ4v) is 3.86. The van der Waals surface area contributed by atoms with Gasteiger partial charge < -0.3 is 0 Å². The summed E-state index contributed by atoms with van der Waals surface area (Å²) in [4.78, 5) is 0. The molecule has 0 N–H and O–H groups in total. The molecule has 2 aliphatic rings. The van der Waals surface area contributed by atoms with Crippen molar-refractivity contribution in [1.82, 2.24) is 0 Å². The Morgan fingerprint density at radius 3 is 2.12 bits per heavy atom. The highest BCUT2D eigenvalue weighted by Gasteiger charge is 2.22. The van der Waals surface area contributed by atoms with Crippen molar-refractivity contribution in [3.05, 3.63) is 93.5 Å². The van der Waals surface area contributed by atoms with Gasteiger partial charge in [0, 0.05) is 10.4 Å². The van der Waals surface area contributed by atoms with Crippen molar-refractivity contribution >= 4 is 15.9 Å². The Kier molecular flexibility index (Phi) is 5.15. The molecule has 0 amide bonds. The highest BCUT2D eigenvalue weighted by Crippen LogP contribution is 2.42. The van der Waals surface area contributed by atoms with E-state index in [0.717, 1.165) is 4.47 Å². The standard InChI is InChI=1S/C24H25Br/c1-6-21(18-9-11-20(25)12-10-18)23-13-17(5)22-14-19(15(2)3)8-7-16(4)24(22)23/h6-15,21H,1H2,2-5H3. The van der Waals surface area contributed by atoms with Gasteiger partial charge in [-0.25, -0.2) is 0 Å². The van der Waals surface area contributed by atoms with Crippen molar-refractivity contribution in [1.29, 1.82) is 0 Å². The summed E-state index contributed by atoms with van der Waals surface area (Å²) >= 11 is 3.53. The molecule has 0 bridgehead atoms. The summed E-state index contributed by atoms with van der Waals surface area (Å²) in [7, 11) is 0. The molecule has 1 aromatic rings. The van der Waals surface area contributed by atoms with Crippen molar-refractivity contribution in [2.75, 3.05) is 0 Å². The fourth-order valence-electron chi connectivity index (χ4n) is 3.60. The van der Waals surface area contributed by atoms with Crippen molar-refractivity contribution in [2.45, 2.75) is 39.5 Å². The number of rotatable bonds is 4. The van der Waals surface area contributed by atoms with Gasteiger partial charge in [0.05, 0.1) is 0 Å². The molecule has 2 aliphatic carbocycles. The van der Waals surface area contributed by atoms with Crippen LogP contribution < -0.4 is 0 Å². The topological polar surface area (TPSA) is 0 Å². The van der Waals surface area contributed by atoms with E-state index in [1.165, 1.54) is 38.9 Å². The maximum absolute atomic E-state index is 4.13. The van der Waals surface area contributed by atoms with Crippen LogP contribution in [-0.4, -0.2) is 0 Å². The molecule has 3 rings (SSSR count). The maximum atomic E-state index is 4.13. The predicted octanol–water partition coefficient (Wildman–Crippen LogP) is 7.61. The van der Waals surface area contributed by atoms with E-state index in [1.807, 2.05) is 0 Å². The molecule has 0 radical (unpaired) electrons. The van der Waals surface area contributed by atoms with Gasteiger partial charge in [-0.1, -0.05) is 72.3 Å². The average molecular weight is 393 g/mol. The van der Waals surface area contributed by atoms with Crippen LogP contribution in [0.5, 0.6) is 0 Å². The van der Waals surface area contributed by atoms with Gasteiger partial charge in [0.1, 0.15) is 0 Å². The molecular weight excluding hydrogens is 368 g/mol. The van der Waals surface area contributed by atoms with Crippen LogP contribution in [0.4, 0.5) is 0 Å². The van der Waals surface area contributed by atoms with E-state index < -0.39 is 0 Å². The van der Waals surface area contributed by atoms with Crippen molar-refractivity contribution in [3.63, 3.8) is 0 Å². The number of hydrogen-bond donors (Lipinski definition) is 0. The van der Waals surface area contributed by atoms with E-state index in [-0.39, 0.29) is 5.92 Å². The first-order valence-electron chi connectivity index (χ1n) is 8.84. The molecule has 25 heavy (non-hydrogen) atoms. The number of allylic oxidation sites excluding steroid dienone is 1. The molecule has 1 atom stereocenters. The number of benzene rings is 1. The van der Waals surface area contributed by atoms with Crippen LogP contribution in [0.2, 0.25) is 0 Å². The zero-order valence-electron chi connectivity index (χ0n) is 15.4. The zero-order valence-corrected chi connectivity index (χ0v) is 17.0. The second-order valence-electron chi connectivity index (χ2n) is 7.15. The molecule has 0 fully saturated rings. The summed E-state index contributed by atoms with van der Waals surface area (Å²) in [6.45, 7) is 13.1. The minimum Gasteiger partial charge on any atom is -0.102 e. The Bertz CT molecular complexity index is 871. The van der Waals surface area contributed by atoms with E-state index >= 15 is 0 Å². The molecule has 1 unspecified atom stereocenters. The van der Waals surface area contributed by atoms with Gasteiger partial charge in [-0.15, -0.1) is 6.58 Å². The second-order valence-corrected chi connectivity index (χ2v) is 8.07. The third-order valence-electron chi connectivity index (χ3n) is 5.05. The minimum absolute atomic E-state index is 0.202. The molecule has 0 aromatic heterocycles. The van der Waals surface area contributed by atoms with Crippen molar-refractivity contribution < 1.29 is 0 Å². The van der Waals surface area contributed by atoms with E-state index in [9.17, 15) is 0 Å². The smallest absolute Gasteiger partial charge is 0.0273 e. The normalized spacial score (nSPS) is 12.6. The van der Waals surface area contributed by atoms with Crippen LogP contribution in [0.25, 0.3) is 11.1 Å². The monoisotopic (exact) mass is 392 g/mol. The number of hydrogen-bond acceptors (Lipinski definition) is 0. The highest BCUT2D eigenvalue weighted by atomic mass is 79.9. The van der Waals surface area contributed by atoms with Crippen LogP contribution in [-0.2, 0) is 0 Å². The van der Waals surface area contributed by atoms with E-state index in [4.69, 9.17) is 0 Å². The molecule has 0 spiro atoms. The fraction of sp³-hybridized carbons (Fsp3) is 0.250. The molecule has 0 aliphatic heterocycles. The molecule has 0 heterocycles. The Labute approximate surface area is 160 Å². The van der Waals surface area contributed by atoms with Gasteiger partial charge in [-0.2, -0.15) is 0 Å². The lowest BCUT2D eigenvalue weighted by Crippen LogP contribution is -1.98. The lowest BCUT2D eigenvalue weighted by molar-refractivity contribution is 0.868. The molecule has 128 valence electrons. The molecule has 0 saturated carbocycles. The summed E-state index contributed by atoms with van der Waals surface area (Å²) in [5.74, 6) is 0.724. The Morgan fingerprint density at radius 2 is 1.52 bits per heavy atom. The number of halogens is 1. The second kappa shape index (κ2) is 7.17. The van der Waals surface area contributed by atoms with E-state index in [1.54, 1.807) is 0 Å². The summed E-state index contributed by atoms with van der Waals surface area (Å²) in [6, 6.07) is 17.8. The number of aryl methyl sites for hydroxylation is 2. The van der Waals surface area contributed by atoms with Gasteiger partial charge in [0.2, 0.25) is 0 Å². The van der Waals surface area contributed by atoms with Crippen LogP contribution in [0, 0.1) is 13.8 Å². The molecule has 1 aromatic carbocycles. The van der Waals surface area contributed by atoms with Crippen LogP contribution >= 0.6 is 15.9 Å². The summed E-state index contributed by atoms with van der Waals surface area (Å²) < 4.78 is 1.10. The van der Waals surface area contributed by atoms with Gasteiger partial charge in [-0.05, 0) is 70.8 Å². The van der Waals surface area contributed by atoms with E-state index in [2.05, 4.69) is 105 Å². The molecule has 1 heteroatoms.